The highest BCUT2D eigenvalue weighted by atomic mass is 35.5. The second-order valence-electron chi connectivity index (χ2n) is 10.3. The Hall–Kier alpha value is -3.67. The van der Waals surface area contributed by atoms with E-state index in [0.29, 0.717) is 61.9 Å². The number of rotatable bonds is 9. The second-order valence-corrected chi connectivity index (χ2v) is 10.7. The molecule has 4 aromatic rings. The second kappa shape index (κ2) is 11.3. The summed E-state index contributed by atoms with van der Waals surface area (Å²) in [6.07, 6.45) is 1.43. The van der Waals surface area contributed by atoms with E-state index in [4.69, 9.17) is 21.1 Å². The Morgan fingerprint density at radius 3 is 2.63 bits per heavy atom. The minimum atomic E-state index is -1.22. The number of hydrogen-bond acceptors (Lipinski definition) is 6. The van der Waals surface area contributed by atoms with Crippen molar-refractivity contribution in [2.24, 2.45) is 0 Å². The van der Waals surface area contributed by atoms with Gasteiger partial charge < -0.3 is 19.1 Å². The first kappa shape index (κ1) is 27.5. The summed E-state index contributed by atoms with van der Waals surface area (Å²) in [7, 11) is 0. The minimum absolute atomic E-state index is 0.0243. The van der Waals surface area contributed by atoms with Crippen molar-refractivity contribution in [3.63, 3.8) is 0 Å². The van der Waals surface area contributed by atoms with E-state index in [0.717, 1.165) is 18.6 Å². The molecular weight excluding hydrogens is 561 g/mol. The molecular formula is C29H26ClF3N4O4. The molecule has 2 aliphatic heterocycles. The van der Waals surface area contributed by atoms with Crippen LogP contribution in [0.25, 0.3) is 11.0 Å². The van der Waals surface area contributed by atoms with Crippen LogP contribution in [0.2, 0.25) is 5.02 Å². The molecule has 8 nitrogen and oxygen atoms in total. The van der Waals surface area contributed by atoms with Crippen LogP contribution < -0.4 is 4.74 Å². The van der Waals surface area contributed by atoms with Gasteiger partial charge in [-0.2, -0.15) is 0 Å². The van der Waals surface area contributed by atoms with Gasteiger partial charge in [-0.1, -0.05) is 11.6 Å². The first-order valence-electron chi connectivity index (χ1n) is 13.2. The molecule has 0 amide bonds. The van der Waals surface area contributed by atoms with Crippen molar-refractivity contribution < 1.29 is 32.5 Å². The molecule has 4 heterocycles. The molecule has 1 N–H and O–H groups in total. The van der Waals surface area contributed by atoms with Crippen LogP contribution in [0.5, 0.6) is 5.75 Å². The highest BCUT2D eigenvalue weighted by molar-refractivity contribution is 6.30. The van der Waals surface area contributed by atoms with Crippen LogP contribution in [0, 0.1) is 17.5 Å². The third kappa shape index (κ3) is 5.74. The third-order valence-electron chi connectivity index (χ3n) is 7.54. The quantitative estimate of drug-likeness (QED) is 0.275. The van der Waals surface area contributed by atoms with Gasteiger partial charge in [0.15, 0.2) is 17.4 Å². The van der Waals surface area contributed by atoms with E-state index in [-0.39, 0.29) is 40.5 Å². The summed E-state index contributed by atoms with van der Waals surface area (Å²) in [6.45, 7) is 2.52. The lowest BCUT2D eigenvalue weighted by molar-refractivity contribution is -0.0591. The molecule has 2 atom stereocenters. The smallest absolute Gasteiger partial charge is 0.335 e. The number of likely N-dealkylation sites (tertiary alicyclic amines) is 1. The lowest BCUT2D eigenvalue weighted by Gasteiger charge is -2.28. The zero-order chi connectivity index (χ0) is 28.7. The number of halogens is 4. The molecule has 2 aliphatic rings. The van der Waals surface area contributed by atoms with E-state index < -0.39 is 23.4 Å². The lowest BCUT2D eigenvalue weighted by atomic mass is 10.0. The highest BCUT2D eigenvalue weighted by Crippen LogP contribution is 2.31. The maximum absolute atomic E-state index is 14.9. The van der Waals surface area contributed by atoms with E-state index in [1.54, 1.807) is 0 Å². The molecule has 214 valence electrons. The van der Waals surface area contributed by atoms with Crippen molar-refractivity contribution in [1.82, 2.24) is 19.4 Å². The minimum Gasteiger partial charge on any atom is -0.484 e. The normalized spacial score (nSPS) is 19.0. The van der Waals surface area contributed by atoms with Crippen molar-refractivity contribution in [1.29, 1.82) is 0 Å². The predicted molar refractivity (Wildman–Crippen MR) is 144 cm³/mol. The number of carboxylic acids is 1. The van der Waals surface area contributed by atoms with Gasteiger partial charge in [0.25, 0.3) is 0 Å². The van der Waals surface area contributed by atoms with Crippen molar-refractivity contribution >= 4 is 28.6 Å². The Morgan fingerprint density at radius 1 is 1.07 bits per heavy atom. The van der Waals surface area contributed by atoms with E-state index in [9.17, 15) is 23.1 Å². The fourth-order valence-corrected chi connectivity index (χ4v) is 5.48. The summed E-state index contributed by atoms with van der Waals surface area (Å²) < 4.78 is 56.8. The SMILES string of the molecule is O=C(O)c1cc(F)c2nc(CN3CCC(c4nc(COc5ccc(Cl)cc5F)ccc4F)C3)n(C[C@@H]3CCO3)c2c1. The fourth-order valence-electron chi connectivity index (χ4n) is 5.32. The number of pyridine rings is 1. The topological polar surface area (TPSA) is 89.7 Å². The average Bonchev–Trinajstić information content (AvgIpc) is 3.51. The Morgan fingerprint density at radius 2 is 1.90 bits per heavy atom. The molecule has 2 aromatic heterocycles. The van der Waals surface area contributed by atoms with Gasteiger partial charge in [-0.15, -0.1) is 0 Å². The molecule has 0 bridgehead atoms. The van der Waals surface area contributed by atoms with Crippen molar-refractivity contribution in [2.45, 2.75) is 44.6 Å². The van der Waals surface area contributed by atoms with Crippen LogP contribution in [0.1, 0.15) is 46.3 Å². The number of carbonyl (C=O) groups is 1. The zero-order valence-electron chi connectivity index (χ0n) is 21.8. The van der Waals surface area contributed by atoms with Gasteiger partial charge >= 0.3 is 5.97 Å². The number of aromatic nitrogens is 3. The first-order valence-corrected chi connectivity index (χ1v) is 13.6. The monoisotopic (exact) mass is 586 g/mol. The van der Waals surface area contributed by atoms with Crippen LogP contribution in [-0.4, -0.2) is 56.3 Å². The van der Waals surface area contributed by atoms with Crippen LogP contribution in [0.4, 0.5) is 13.2 Å². The molecule has 2 aromatic carbocycles. The number of carboxylic acid groups (broad SMARTS) is 1. The van der Waals surface area contributed by atoms with Crippen molar-refractivity contribution in [2.75, 3.05) is 19.7 Å². The molecule has 0 saturated carbocycles. The Kier molecular flexibility index (Phi) is 7.58. The molecule has 41 heavy (non-hydrogen) atoms. The molecule has 0 aliphatic carbocycles. The van der Waals surface area contributed by atoms with E-state index in [2.05, 4.69) is 14.9 Å². The van der Waals surface area contributed by atoms with Crippen LogP contribution in [0.15, 0.2) is 42.5 Å². The number of hydrogen-bond donors (Lipinski definition) is 1. The summed E-state index contributed by atoms with van der Waals surface area (Å²) in [5.41, 5.74) is 1.13. The standard InChI is InChI=1S/C29H26ClF3N4O4/c30-18-1-4-25(22(32)11-18)41-15-19-2-3-21(31)27(34-19)16-5-7-36(12-16)14-26-35-28-23(33)9-17(29(38)39)10-24(28)37(26)13-20-6-8-40-20/h1-4,9-11,16,20H,5-8,12-15H2,(H,38,39)/t16?,20-/m0/s1. The number of imidazole rings is 1. The number of ether oxygens (including phenoxy) is 2. The molecule has 2 fully saturated rings. The van der Waals surface area contributed by atoms with Gasteiger partial charge in [-0.25, -0.2) is 22.9 Å². The Bertz CT molecular complexity index is 1630. The number of aromatic carboxylic acids is 1. The summed E-state index contributed by atoms with van der Waals surface area (Å²) >= 11 is 5.79. The highest BCUT2D eigenvalue weighted by Gasteiger charge is 2.30. The summed E-state index contributed by atoms with van der Waals surface area (Å²) in [5.74, 6) is -2.55. The first-order chi connectivity index (χ1) is 19.7. The van der Waals surface area contributed by atoms with Crippen molar-refractivity contribution in [3.05, 3.63) is 87.7 Å². The van der Waals surface area contributed by atoms with Crippen molar-refractivity contribution in [3.8, 4) is 5.75 Å². The molecule has 0 radical (unpaired) electrons. The Balaban J connectivity index is 1.19. The van der Waals surface area contributed by atoms with E-state index in [1.165, 1.54) is 30.3 Å². The lowest BCUT2D eigenvalue weighted by Crippen LogP contribution is -2.32. The van der Waals surface area contributed by atoms with Crippen LogP contribution in [-0.2, 0) is 24.4 Å². The number of nitrogens with zero attached hydrogens (tertiary/aromatic N) is 4. The zero-order valence-corrected chi connectivity index (χ0v) is 22.6. The van der Waals surface area contributed by atoms with Gasteiger partial charge in [0, 0.05) is 24.1 Å². The summed E-state index contributed by atoms with van der Waals surface area (Å²) in [4.78, 5) is 22.7. The number of benzene rings is 2. The van der Waals surface area contributed by atoms with E-state index in [1.807, 2.05) is 4.57 Å². The molecule has 6 rings (SSSR count). The van der Waals surface area contributed by atoms with Gasteiger partial charge in [0.2, 0.25) is 0 Å². The van der Waals surface area contributed by atoms with Crippen LogP contribution in [0.3, 0.4) is 0 Å². The largest absolute Gasteiger partial charge is 0.484 e. The number of fused-ring (bicyclic) bond motifs is 1. The fraction of sp³-hybridized carbons (Fsp3) is 0.345. The van der Waals surface area contributed by atoms with Gasteiger partial charge in [-0.05, 0) is 61.9 Å². The summed E-state index contributed by atoms with van der Waals surface area (Å²) in [5, 5.41) is 9.69. The van der Waals surface area contributed by atoms with Crippen LogP contribution >= 0.6 is 11.6 Å². The summed E-state index contributed by atoms with van der Waals surface area (Å²) in [6, 6.07) is 9.35. The molecule has 0 spiro atoms. The van der Waals surface area contributed by atoms with Gasteiger partial charge in [-0.3, -0.25) is 9.88 Å². The average molecular weight is 587 g/mol. The van der Waals surface area contributed by atoms with Gasteiger partial charge in [0.1, 0.15) is 23.8 Å². The molecule has 2 saturated heterocycles. The molecule has 1 unspecified atom stereocenters. The van der Waals surface area contributed by atoms with Gasteiger partial charge in [0.05, 0.1) is 41.7 Å². The Labute approximate surface area is 238 Å². The third-order valence-corrected chi connectivity index (χ3v) is 7.77. The predicted octanol–water partition coefficient (Wildman–Crippen LogP) is 5.56. The maximum atomic E-state index is 14.9. The van der Waals surface area contributed by atoms with E-state index >= 15 is 0 Å². The maximum Gasteiger partial charge on any atom is 0.335 e. The molecule has 12 heteroatoms.